The third kappa shape index (κ3) is 2.41. The molecule has 1 fully saturated rings. The van der Waals surface area contributed by atoms with Crippen molar-refractivity contribution in [2.24, 2.45) is 5.92 Å². The molecule has 4 heteroatoms. The fourth-order valence-electron chi connectivity index (χ4n) is 2.25. The summed E-state index contributed by atoms with van der Waals surface area (Å²) in [5, 5.41) is 7.02. The molecule has 0 aliphatic heterocycles. The Labute approximate surface area is 105 Å². The topological polar surface area (TPSA) is 29.1 Å². The number of aryl methyl sites for hydroxylation is 1. The van der Waals surface area contributed by atoms with E-state index in [1.807, 2.05) is 17.7 Å². The maximum atomic E-state index is 12.0. The SMILES string of the molecule is Cc1cscc1C(=O)NC1CCCC1CCl. The van der Waals surface area contributed by atoms with Crippen LogP contribution in [0.25, 0.3) is 0 Å². The lowest BCUT2D eigenvalue weighted by Crippen LogP contribution is -2.38. The van der Waals surface area contributed by atoms with Gasteiger partial charge < -0.3 is 5.32 Å². The Balaban J connectivity index is 2.00. The van der Waals surface area contributed by atoms with E-state index in [0.717, 1.165) is 24.0 Å². The number of carbonyl (C=O) groups excluding carboxylic acids is 1. The minimum absolute atomic E-state index is 0.0563. The van der Waals surface area contributed by atoms with Crippen molar-refractivity contribution in [3.63, 3.8) is 0 Å². The van der Waals surface area contributed by atoms with Gasteiger partial charge in [-0.25, -0.2) is 0 Å². The van der Waals surface area contributed by atoms with Crippen molar-refractivity contribution >= 4 is 28.8 Å². The van der Waals surface area contributed by atoms with Gasteiger partial charge in [0.25, 0.3) is 5.91 Å². The maximum Gasteiger partial charge on any atom is 0.252 e. The highest BCUT2D eigenvalue weighted by molar-refractivity contribution is 7.08. The lowest BCUT2D eigenvalue weighted by molar-refractivity contribution is 0.0930. The number of thiophene rings is 1. The van der Waals surface area contributed by atoms with Gasteiger partial charge in [-0.05, 0) is 36.6 Å². The van der Waals surface area contributed by atoms with Crippen molar-refractivity contribution in [2.45, 2.75) is 32.2 Å². The molecule has 1 aliphatic rings. The molecular formula is C12H16ClNOS. The van der Waals surface area contributed by atoms with Gasteiger partial charge in [-0.2, -0.15) is 11.3 Å². The van der Waals surface area contributed by atoms with Gasteiger partial charge in [0.15, 0.2) is 0 Å². The zero-order valence-corrected chi connectivity index (χ0v) is 10.9. The Morgan fingerprint density at radius 1 is 1.56 bits per heavy atom. The van der Waals surface area contributed by atoms with Crippen LogP contribution in [0.2, 0.25) is 0 Å². The molecule has 1 N–H and O–H groups in total. The molecule has 1 aromatic rings. The second kappa shape index (κ2) is 5.19. The number of hydrogen-bond donors (Lipinski definition) is 1. The average molecular weight is 258 g/mol. The quantitative estimate of drug-likeness (QED) is 0.828. The van der Waals surface area contributed by atoms with Crippen molar-refractivity contribution in [1.82, 2.24) is 5.32 Å². The molecule has 2 rings (SSSR count). The van der Waals surface area contributed by atoms with E-state index in [-0.39, 0.29) is 11.9 Å². The Morgan fingerprint density at radius 3 is 3.00 bits per heavy atom. The molecule has 2 atom stereocenters. The fourth-order valence-corrected chi connectivity index (χ4v) is 3.45. The first-order chi connectivity index (χ1) is 7.72. The van der Waals surface area contributed by atoms with Gasteiger partial charge in [-0.15, -0.1) is 11.6 Å². The minimum Gasteiger partial charge on any atom is -0.349 e. The van der Waals surface area contributed by atoms with Crippen LogP contribution in [0.15, 0.2) is 10.8 Å². The van der Waals surface area contributed by atoms with Gasteiger partial charge in [-0.3, -0.25) is 4.79 Å². The predicted molar refractivity (Wildman–Crippen MR) is 68.4 cm³/mol. The number of amides is 1. The fraction of sp³-hybridized carbons (Fsp3) is 0.583. The maximum absolute atomic E-state index is 12.0. The Kier molecular flexibility index (Phi) is 3.87. The monoisotopic (exact) mass is 257 g/mol. The summed E-state index contributed by atoms with van der Waals surface area (Å²) in [6, 6.07) is 0.268. The summed E-state index contributed by atoms with van der Waals surface area (Å²) in [6.07, 6.45) is 3.37. The first-order valence-corrected chi connectivity index (χ1v) is 7.09. The van der Waals surface area contributed by atoms with Crippen molar-refractivity contribution in [2.75, 3.05) is 5.88 Å². The highest BCUT2D eigenvalue weighted by atomic mass is 35.5. The molecule has 1 aromatic heterocycles. The molecule has 1 aliphatic carbocycles. The number of nitrogens with one attached hydrogen (secondary N) is 1. The van der Waals surface area contributed by atoms with E-state index in [1.54, 1.807) is 11.3 Å². The summed E-state index contributed by atoms with van der Waals surface area (Å²) in [5.74, 6) is 1.15. The van der Waals surface area contributed by atoms with Gasteiger partial charge in [0.1, 0.15) is 0 Å². The molecule has 1 saturated carbocycles. The van der Waals surface area contributed by atoms with E-state index in [2.05, 4.69) is 5.32 Å². The lowest BCUT2D eigenvalue weighted by atomic mass is 10.1. The average Bonchev–Trinajstić information content (AvgIpc) is 2.86. The van der Waals surface area contributed by atoms with E-state index >= 15 is 0 Å². The summed E-state index contributed by atoms with van der Waals surface area (Å²) < 4.78 is 0. The van der Waals surface area contributed by atoms with Crippen LogP contribution in [0.1, 0.15) is 35.2 Å². The Morgan fingerprint density at radius 2 is 2.38 bits per heavy atom. The molecule has 0 aromatic carbocycles. The van der Waals surface area contributed by atoms with Crippen LogP contribution >= 0.6 is 22.9 Å². The number of carbonyl (C=O) groups is 1. The molecule has 2 nitrogen and oxygen atoms in total. The standard InChI is InChI=1S/C12H16ClNOS/c1-8-6-16-7-10(8)12(15)14-11-4-2-3-9(11)5-13/h6-7,9,11H,2-5H2,1H3,(H,14,15). The molecule has 0 saturated heterocycles. The summed E-state index contributed by atoms with van der Waals surface area (Å²) >= 11 is 7.47. The van der Waals surface area contributed by atoms with Crippen LogP contribution in [0.5, 0.6) is 0 Å². The lowest BCUT2D eigenvalue weighted by Gasteiger charge is -2.18. The van der Waals surface area contributed by atoms with E-state index < -0.39 is 0 Å². The molecule has 1 amide bonds. The van der Waals surface area contributed by atoms with Crippen LogP contribution in [0, 0.1) is 12.8 Å². The normalized spacial score (nSPS) is 24.6. The minimum atomic E-state index is 0.0563. The number of rotatable bonds is 3. The molecule has 2 unspecified atom stereocenters. The molecule has 0 spiro atoms. The molecule has 16 heavy (non-hydrogen) atoms. The molecular weight excluding hydrogens is 242 g/mol. The predicted octanol–water partition coefficient (Wildman–Crippen LogP) is 3.19. The van der Waals surface area contributed by atoms with Crippen molar-refractivity contribution < 1.29 is 4.79 Å². The van der Waals surface area contributed by atoms with Gasteiger partial charge in [0.2, 0.25) is 0 Å². The van der Waals surface area contributed by atoms with E-state index in [0.29, 0.717) is 11.8 Å². The second-order valence-corrected chi connectivity index (χ2v) is 5.45. The van der Waals surface area contributed by atoms with Crippen molar-refractivity contribution in [1.29, 1.82) is 0 Å². The van der Waals surface area contributed by atoms with Crippen molar-refractivity contribution in [3.05, 3.63) is 21.9 Å². The molecule has 1 heterocycles. The van der Waals surface area contributed by atoms with Gasteiger partial charge in [0.05, 0.1) is 5.56 Å². The number of hydrogen-bond acceptors (Lipinski definition) is 2. The van der Waals surface area contributed by atoms with Crippen LogP contribution in [-0.4, -0.2) is 17.8 Å². The first kappa shape index (κ1) is 11.9. The molecule has 0 radical (unpaired) electrons. The molecule has 0 bridgehead atoms. The zero-order chi connectivity index (χ0) is 11.5. The third-order valence-electron chi connectivity index (χ3n) is 3.27. The Bertz CT molecular complexity index is 377. The van der Waals surface area contributed by atoms with Crippen LogP contribution in [-0.2, 0) is 0 Å². The van der Waals surface area contributed by atoms with E-state index in [9.17, 15) is 4.79 Å². The number of halogens is 1. The second-order valence-electron chi connectivity index (χ2n) is 4.39. The smallest absolute Gasteiger partial charge is 0.252 e. The van der Waals surface area contributed by atoms with Gasteiger partial charge in [-0.1, -0.05) is 6.42 Å². The third-order valence-corrected chi connectivity index (χ3v) is 4.53. The van der Waals surface area contributed by atoms with Gasteiger partial charge in [0, 0.05) is 17.3 Å². The number of alkyl halides is 1. The zero-order valence-electron chi connectivity index (χ0n) is 9.33. The van der Waals surface area contributed by atoms with E-state index in [1.165, 1.54) is 6.42 Å². The highest BCUT2D eigenvalue weighted by Gasteiger charge is 2.28. The summed E-state index contributed by atoms with van der Waals surface area (Å²) in [6.45, 7) is 1.97. The largest absolute Gasteiger partial charge is 0.349 e. The highest BCUT2D eigenvalue weighted by Crippen LogP contribution is 2.27. The summed E-state index contributed by atoms with van der Waals surface area (Å²) in [5.41, 5.74) is 1.87. The van der Waals surface area contributed by atoms with Crippen molar-refractivity contribution in [3.8, 4) is 0 Å². The van der Waals surface area contributed by atoms with Crippen LogP contribution in [0.3, 0.4) is 0 Å². The van der Waals surface area contributed by atoms with E-state index in [4.69, 9.17) is 11.6 Å². The van der Waals surface area contributed by atoms with Crippen LogP contribution < -0.4 is 5.32 Å². The van der Waals surface area contributed by atoms with Crippen LogP contribution in [0.4, 0.5) is 0 Å². The van der Waals surface area contributed by atoms with Gasteiger partial charge >= 0.3 is 0 Å². The molecule has 88 valence electrons. The first-order valence-electron chi connectivity index (χ1n) is 5.62. The summed E-state index contributed by atoms with van der Waals surface area (Å²) in [4.78, 5) is 12.0. The summed E-state index contributed by atoms with van der Waals surface area (Å²) in [7, 11) is 0. The Hall–Kier alpha value is -0.540.